The summed E-state index contributed by atoms with van der Waals surface area (Å²) in [5.41, 5.74) is 5.77. The predicted molar refractivity (Wildman–Crippen MR) is 68.1 cm³/mol. The number of ether oxygens (including phenoxy) is 1. The van der Waals surface area contributed by atoms with Crippen LogP contribution in [0.5, 0.6) is 5.88 Å². The molecule has 6 nitrogen and oxygen atoms in total. The van der Waals surface area contributed by atoms with E-state index in [2.05, 4.69) is 20.9 Å². The zero-order chi connectivity index (χ0) is 13.3. The van der Waals surface area contributed by atoms with Crippen molar-refractivity contribution >= 4 is 33.4 Å². The Labute approximate surface area is 112 Å². The largest absolute Gasteiger partial charge is 0.479 e. The second-order valence-corrected chi connectivity index (χ2v) is 4.78. The number of carbonyl (C=O) groups is 2. The maximum atomic E-state index is 11.9. The molecule has 1 fully saturated rings. The quantitative estimate of drug-likeness (QED) is 0.832. The van der Waals surface area contributed by atoms with Crippen molar-refractivity contribution in [2.24, 2.45) is 11.7 Å². The Bertz CT molecular complexity index is 506. The SMILES string of the molecule is COc1nc(Br)ccc1N1CC(C(N)=O)CC1=O. The van der Waals surface area contributed by atoms with Gasteiger partial charge in [0.25, 0.3) is 0 Å². The van der Waals surface area contributed by atoms with Crippen LogP contribution in [0.1, 0.15) is 6.42 Å². The van der Waals surface area contributed by atoms with Gasteiger partial charge in [0.1, 0.15) is 10.3 Å². The molecule has 1 aromatic rings. The second kappa shape index (κ2) is 4.93. The van der Waals surface area contributed by atoms with Gasteiger partial charge in [0.05, 0.1) is 13.0 Å². The molecule has 2 rings (SSSR count). The van der Waals surface area contributed by atoms with Crippen molar-refractivity contribution in [3.05, 3.63) is 16.7 Å². The number of rotatable bonds is 3. The Morgan fingerprint density at radius 2 is 2.33 bits per heavy atom. The second-order valence-electron chi connectivity index (χ2n) is 3.97. The summed E-state index contributed by atoms with van der Waals surface area (Å²) in [6.45, 7) is 0.272. The molecular formula is C11H12BrN3O3. The molecule has 0 aromatic carbocycles. The van der Waals surface area contributed by atoms with Gasteiger partial charge in [-0.3, -0.25) is 9.59 Å². The fraction of sp³-hybridized carbons (Fsp3) is 0.364. The number of halogens is 1. The molecule has 2 heterocycles. The van der Waals surface area contributed by atoms with Crippen LogP contribution < -0.4 is 15.4 Å². The Morgan fingerprint density at radius 3 is 2.89 bits per heavy atom. The van der Waals surface area contributed by atoms with Crippen LogP contribution in [0.4, 0.5) is 5.69 Å². The molecule has 0 radical (unpaired) electrons. The van der Waals surface area contributed by atoms with Crippen LogP contribution >= 0.6 is 15.9 Å². The van der Waals surface area contributed by atoms with Crippen LogP contribution in [0, 0.1) is 5.92 Å². The minimum absolute atomic E-state index is 0.133. The summed E-state index contributed by atoms with van der Waals surface area (Å²) in [5, 5.41) is 0. The van der Waals surface area contributed by atoms with Crippen molar-refractivity contribution in [1.82, 2.24) is 4.98 Å². The molecule has 1 unspecified atom stereocenters. The molecule has 1 aromatic heterocycles. The van der Waals surface area contributed by atoms with Gasteiger partial charge in [-0.15, -0.1) is 0 Å². The van der Waals surface area contributed by atoms with Gasteiger partial charge in [-0.25, -0.2) is 4.98 Å². The van der Waals surface area contributed by atoms with E-state index in [4.69, 9.17) is 10.5 Å². The molecule has 0 saturated carbocycles. The number of nitrogens with zero attached hydrogens (tertiary/aromatic N) is 2. The van der Waals surface area contributed by atoms with Crippen LogP contribution in [-0.4, -0.2) is 30.5 Å². The number of hydrogen-bond donors (Lipinski definition) is 1. The first-order chi connectivity index (χ1) is 8.52. The molecule has 96 valence electrons. The van der Waals surface area contributed by atoms with E-state index in [0.29, 0.717) is 16.2 Å². The molecule has 18 heavy (non-hydrogen) atoms. The maximum absolute atomic E-state index is 11.9. The fourth-order valence-electron chi connectivity index (χ4n) is 1.90. The summed E-state index contributed by atoms with van der Waals surface area (Å²) in [7, 11) is 1.48. The third-order valence-electron chi connectivity index (χ3n) is 2.82. The molecule has 0 bridgehead atoms. The highest BCUT2D eigenvalue weighted by molar-refractivity contribution is 9.10. The normalized spacial score (nSPS) is 19.1. The van der Waals surface area contributed by atoms with Crippen LogP contribution in [0.3, 0.4) is 0 Å². The lowest BCUT2D eigenvalue weighted by Crippen LogP contribution is -2.28. The Balaban J connectivity index is 2.32. The van der Waals surface area contributed by atoms with Crippen molar-refractivity contribution in [1.29, 1.82) is 0 Å². The number of methoxy groups -OCH3 is 1. The number of hydrogen-bond acceptors (Lipinski definition) is 4. The number of pyridine rings is 1. The predicted octanol–water partition coefficient (Wildman–Crippen LogP) is 0.691. The first-order valence-electron chi connectivity index (χ1n) is 5.33. The Hall–Kier alpha value is -1.63. The number of amides is 2. The zero-order valence-electron chi connectivity index (χ0n) is 9.72. The summed E-state index contributed by atoms with van der Waals surface area (Å²) in [4.78, 5) is 28.6. The Morgan fingerprint density at radius 1 is 1.61 bits per heavy atom. The topological polar surface area (TPSA) is 85.5 Å². The van der Waals surface area contributed by atoms with Crippen LogP contribution in [-0.2, 0) is 9.59 Å². The number of nitrogens with two attached hydrogens (primary N) is 1. The molecule has 2 N–H and O–H groups in total. The molecular weight excluding hydrogens is 302 g/mol. The van der Waals surface area contributed by atoms with E-state index in [9.17, 15) is 9.59 Å². The molecule has 1 aliphatic heterocycles. The number of carbonyl (C=O) groups excluding carboxylic acids is 2. The van der Waals surface area contributed by atoms with Crippen molar-refractivity contribution in [2.75, 3.05) is 18.6 Å². The van der Waals surface area contributed by atoms with Crippen LogP contribution in [0.25, 0.3) is 0 Å². The van der Waals surface area contributed by atoms with E-state index < -0.39 is 11.8 Å². The van der Waals surface area contributed by atoms with Gasteiger partial charge in [0.15, 0.2) is 0 Å². The van der Waals surface area contributed by atoms with Crippen molar-refractivity contribution in [3.63, 3.8) is 0 Å². The lowest BCUT2D eigenvalue weighted by atomic mass is 10.1. The van der Waals surface area contributed by atoms with E-state index >= 15 is 0 Å². The monoisotopic (exact) mass is 313 g/mol. The molecule has 1 saturated heterocycles. The molecule has 0 spiro atoms. The summed E-state index contributed by atoms with van der Waals surface area (Å²) >= 11 is 3.23. The molecule has 2 amide bonds. The smallest absolute Gasteiger partial charge is 0.238 e. The van der Waals surface area contributed by atoms with Gasteiger partial charge >= 0.3 is 0 Å². The fourth-order valence-corrected chi connectivity index (χ4v) is 2.19. The van der Waals surface area contributed by atoms with Crippen molar-refractivity contribution in [2.45, 2.75) is 6.42 Å². The molecule has 1 aliphatic rings. The summed E-state index contributed by atoms with van der Waals surface area (Å²) in [5.74, 6) is -0.732. The van der Waals surface area contributed by atoms with Crippen molar-refractivity contribution in [3.8, 4) is 5.88 Å². The Kier molecular flexibility index (Phi) is 3.51. The standard InChI is InChI=1S/C11H12BrN3O3/c1-18-11-7(2-3-8(12)14-11)15-5-6(10(13)17)4-9(15)16/h2-3,6H,4-5H2,1H3,(H2,13,17). The summed E-state index contributed by atoms with van der Waals surface area (Å²) < 4.78 is 5.74. The van der Waals surface area contributed by atoms with Crippen LogP contribution in [0.2, 0.25) is 0 Å². The highest BCUT2D eigenvalue weighted by Crippen LogP contribution is 2.32. The van der Waals surface area contributed by atoms with Gasteiger partial charge in [-0.2, -0.15) is 0 Å². The minimum atomic E-state index is -0.463. The van der Waals surface area contributed by atoms with Crippen molar-refractivity contribution < 1.29 is 14.3 Å². The third kappa shape index (κ3) is 2.31. The van der Waals surface area contributed by atoms with E-state index in [1.54, 1.807) is 12.1 Å². The lowest BCUT2D eigenvalue weighted by Gasteiger charge is -2.18. The van der Waals surface area contributed by atoms with E-state index in [1.807, 2.05) is 0 Å². The number of anilines is 1. The minimum Gasteiger partial charge on any atom is -0.479 e. The first kappa shape index (κ1) is 12.8. The lowest BCUT2D eigenvalue weighted by molar-refractivity contribution is -0.123. The number of primary amides is 1. The van der Waals surface area contributed by atoms with E-state index in [1.165, 1.54) is 12.0 Å². The number of aromatic nitrogens is 1. The third-order valence-corrected chi connectivity index (χ3v) is 3.26. The molecule has 0 aliphatic carbocycles. The highest BCUT2D eigenvalue weighted by Gasteiger charge is 2.35. The van der Waals surface area contributed by atoms with E-state index in [0.717, 1.165) is 0 Å². The summed E-state index contributed by atoms with van der Waals surface area (Å²) in [6.07, 6.45) is 0.133. The van der Waals surface area contributed by atoms with Gasteiger partial charge in [-0.05, 0) is 28.1 Å². The van der Waals surface area contributed by atoms with Gasteiger partial charge in [0.2, 0.25) is 17.7 Å². The molecule has 1 atom stereocenters. The van der Waals surface area contributed by atoms with Gasteiger partial charge in [0, 0.05) is 13.0 Å². The average Bonchev–Trinajstić information content (AvgIpc) is 2.71. The first-order valence-corrected chi connectivity index (χ1v) is 6.12. The average molecular weight is 314 g/mol. The zero-order valence-corrected chi connectivity index (χ0v) is 11.3. The van der Waals surface area contributed by atoms with E-state index in [-0.39, 0.29) is 18.9 Å². The highest BCUT2D eigenvalue weighted by atomic mass is 79.9. The van der Waals surface area contributed by atoms with Gasteiger partial charge < -0.3 is 15.4 Å². The maximum Gasteiger partial charge on any atom is 0.238 e. The van der Waals surface area contributed by atoms with Gasteiger partial charge in [-0.1, -0.05) is 0 Å². The molecule has 7 heteroatoms. The summed E-state index contributed by atoms with van der Waals surface area (Å²) in [6, 6.07) is 3.43. The van der Waals surface area contributed by atoms with Crippen LogP contribution in [0.15, 0.2) is 16.7 Å².